The zero-order chi connectivity index (χ0) is 16.0. The number of hydrogen-bond acceptors (Lipinski definition) is 5. The molecule has 6 heteroatoms. The predicted molar refractivity (Wildman–Crippen MR) is 90.2 cm³/mol. The lowest BCUT2D eigenvalue weighted by atomic mass is 9.93. The molecule has 2 aliphatic rings. The Kier molecular flexibility index (Phi) is 3.73. The summed E-state index contributed by atoms with van der Waals surface area (Å²) in [5.74, 6) is 0.849. The molecule has 0 aliphatic heterocycles. The van der Waals surface area contributed by atoms with Crippen LogP contribution < -0.4 is 10.6 Å². The Morgan fingerprint density at radius 3 is 2.83 bits per heavy atom. The Hall–Kier alpha value is -1.66. The van der Waals surface area contributed by atoms with Gasteiger partial charge in [-0.3, -0.25) is 10.1 Å². The molecule has 2 aromatic rings. The minimum absolute atomic E-state index is 0.121. The number of hydrogen-bond donors (Lipinski definition) is 2. The normalized spacial score (nSPS) is 23.6. The fourth-order valence-electron chi connectivity index (χ4n) is 3.17. The highest BCUT2D eigenvalue weighted by Crippen LogP contribution is 2.45. The highest BCUT2D eigenvalue weighted by Gasteiger charge is 2.41. The summed E-state index contributed by atoms with van der Waals surface area (Å²) in [5, 5.41) is 10.3. The number of thiophene rings is 1. The maximum atomic E-state index is 12.3. The van der Waals surface area contributed by atoms with Gasteiger partial charge in [-0.2, -0.15) is 0 Å². The molecule has 0 bridgehead atoms. The van der Waals surface area contributed by atoms with Crippen molar-refractivity contribution in [3.63, 3.8) is 0 Å². The molecule has 0 aromatic carbocycles. The molecule has 2 saturated carbocycles. The molecular formula is C17H21N3O2S. The van der Waals surface area contributed by atoms with Crippen LogP contribution in [0.2, 0.25) is 0 Å². The summed E-state index contributed by atoms with van der Waals surface area (Å²) in [5.41, 5.74) is 2.08. The van der Waals surface area contributed by atoms with E-state index in [1.54, 1.807) is 17.4 Å². The Morgan fingerprint density at radius 1 is 1.35 bits per heavy atom. The molecule has 0 spiro atoms. The van der Waals surface area contributed by atoms with Crippen molar-refractivity contribution < 1.29 is 9.32 Å². The highest BCUT2D eigenvalue weighted by atomic mass is 32.1. The van der Waals surface area contributed by atoms with Crippen molar-refractivity contribution in [1.29, 1.82) is 0 Å². The smallest absolute Gasteiger partial charge is 0.268 e. The first-order valence-corrected chi connectivity index (χ1v) is 9.03. The summed E-state index contributed by atoms with van der Waals surface area (Å²) in [4.78, 5) is 14.3. The molecule has 5 nitrogen and oxygen atoms in total. The third kappa shape index (κ3) is 3.05. The summed E-state index contributed by atoms with van der Waals surface area (Å²) >= 11 is 1.56. The molecule has 23 heavy (non-hydrogen) atoms. The van der Waals surface area contributed by atoms with E-state index in [1.165, 1.54) is 36.1 Å². The van der Waals surface area contributed by atoms with E-state index < -0.39 is 0 Å². The summed E-state index contributed by atoms with van der Waals surface area (Å²) in [6.45, 7) is 3.93. The van der Waals surface area contributed by atoms with Crippen LogP contribution in [0, 0.1) is 13.8 Å². The Morgan fingerprint density at radius 2 is 2.17 bits per heavy atom. The van der Waals surface area contributed by atoms with Gasteiger partial charge in [0.15, 0.2) is 0 Å². The van der Waals surface area contributed by atoms with Crippen LogP contribution in [0.25, 0.3) is 0 Å². The molecule has 2 unspecified atom stereocenters. The quantitative estimate of drug-likeness (QED) is 0.878. The number of aryl methyl sites for hydroxylation is 2. The number of carbonyl (C=O) groups is 1. The van der Waals surface area contributed by atoms with Gasteiger partial charge in [0.2, 0.25) is 5.88 Å². The maximum Gasteiger partial charge on any atom is 0.268 e. The first kappa shape index (κ1) is 14.9. The third-order valence-corrected chi connectivity index (χ3v) is 5.85. The number of aromatic nitrogens is 1. The van der Waals surface area contributed by atoms with Crippen molar-refractivity contribution >= 4 is 23.1 Å². The van der Waals surface area contributed by atoms with Crippen LogP contribution in [0.4, 0.5) is 5.88 Å². The monoisotopic (exact) mass is 331 g/mol. The molecule has 1 amide bonds. The lowest BCUT2D eigenvalue weighted by Gasteiger charge is -2.26. The fourth-order valence-corrected chi connectivity index (χ4v) is 4.16. The van der Waals surface area contributed by atoms with E-state index >= 15 is 0 Å². The molecule has 4 rings (SSSR count). The summed E-state index contributed by atoms with van der Waals surface area (Å²) in [6, 6.07) is 5.09. The molecular weight excluding hydrogens is 310 g/mol. The van der Waals surface area contributed by atoms with Crippen molar-refractivity contribution in [3.8, 4) is 0 Å². The Balaban J connectivity index is 1.41. The fraction of sp³-hybridized carbons (Fsp3) is 0.529. The van der Waals surface area contributed by atoms with Gasteiger partial charge in [-0.15, -0.1) is 11.3 Å². The maximum absolute atomic E-state index is 12.3. The number of carbonyl (C=O) groups excluding carboxylic acids is 1. The molecule has 2 heterocycles. The van der Waals surface area contributed by atoms with Crippen LogP contribution in [0.5, 0.6) is 0 Å². The molecule has 2 N–H and O–H groups in total. The van der Waals surface area contributed by atoms with Gasteiger partial charge in [0.25, 0.3) is 5.91 Å². The van der Waals surface area contributed by atoms with E-state index in [-0.39, 0.29) is 5.91 Å². The average Bonchev–Trinajstić information content (AvgIpc) is 2.94. The van der Waals surface area contributed by atoms with Crippen molar-refractivity contribution in [2.24, 2.45) is 0 Å². The van der Waals surface area contributed by atoms with Gasteiger partial charge in [0.05, 0.1) is 10.6 Å². The second kappa shape index (κ2) is 5.76. The summed E-state index contributed by atoms with van der Waals surface area (Å²) in [6.07, 6.45) is 5.18. The van der Waals surface area contributed by atoms with Gasteiger partial charge in [-0.1, -0.05) is 11.6 Å². The van der Waals surface area contributed by atoms with Crippen LogP contribution in [0.3, 0.4) is 0 Å². The molecule has 2 atom stereocenters. The van der Waals surface area contributed by atoms with Gasteiger partial charge in [0.1, 0.15) is 0 Å². The average molecular weight is 331 g/mol. The van der Waals surface area contributed by atoms with Gasteiger partial charge in [0, 0.05) is 28.9 Å². The largest absolute Gasteiger partial charge is 0.338 e. The molecule has 0 saturated heterocycles. The zero-order valence-electron chi connectivity index (χ0n) is 13.4. The summed E-state index contributed by atoms with van der Waals surface area (Å²) < 4.78 is 5.05. The van der Waals surface area contributed by atoms with E-state index in [0.29, 0.717) is 17.8 Å². The second-order valence-electron chi connectivity index (χ2n) is 6.65. The van der Waals surface area contributed by atoms with Gasteiger partial charge < -0.3 is 9.84 Å². The lowest BCUT2D eigenvalue weighted by Crippen LogP contribution is -2.37. The predicted octanol–water partition coefficient (Wildman–Crippen LogP) is 3.60. The topological polar surface area (TPSA) is 67.2 Å². The molecule has 122 valence electrons. The highest BCUT2D eigenvalue weighted by molar-refractivity contribution is 7.14. The van der Waals surface area contributed by atoms with E-state index in [0.717, 1.165) is 16.6 Å². The number of amides is 1. The molecule has 2 aliphatic carbocycles. The van der Waals surface area contributed by atoms with Crippen LogP contribution in [0.15, 0.2) is 16.7 Å². The van der Waals surface area contributed by atoms with Crippen LogP contribution in [-0.4, -0.2) is 23.1 Å². The first-order valence-electron chi connectivity index (χ1n) is 8.21. The van der Waals surface area contributed by atoms with Crippen molar-refractivity contribution in [3.05, 3.63) is 33.1 Å². The van der Waals surface area contributed by atoms with Crippen LogP contribution >= 0.6 is 11.3 Å². The van der Waals surface area contributed by atoms with E-state index in [1.807, 2.05) is 13.0 Å². The molecule has 2 aromatic heterocycles. The lowest BCUT2D eigenvalue weighted by molar-refractivity contribution is 0.102. The van der Waals surface area contributed by atoms with E-state index in [2.05, 4.69) is 22.7 Å². The minimum Gasteiger partial charge on any atom is -0.338 e. The number of nitrogens with one attached hydrogen (secondary N) is 2. The molecule has 2 fully saturated rings. The minimum atomic E-state index is -0.121. The Bertz CT molecular complexity index is 732. The van der Waals surface area contributed by atoms with Gasteiger partial charge >= 0.3 is 0 Å². The SMILES string of the molecule is Cc1cc(NC(=O)c2cc(C3CC3NC3CCC3)c(C)s2)on1. The third-order valence-electron chi connectivity index (χ3n) is 4.79. The number of anilines is 1. The van der Waals surface area contributed by atoms with Crippen molar-refractivity contribution in [2.45, 2.75) is 57.5 Å². The summed E-state index contributed by atoms with van der Waals surface area (Å²) in [7, 11) is 0. The van der Waals surface area contributed by atoms with Crippen molar-refractivity contribution in [1.82, 2.24) is 10.5 Å². The molecule has 0 radical (unpaired) electrons. The number of rotatable bonds is 5. The van der Waals surface area contributed by atoms with E-state index in [4.69, 9.17) is 4.52 Å². The Labute approximate surface area is 139 Å². The van der Waals surface area contributed by atoms with Crippen LogP contribution in [-0.2, 0) is 0 Å². The zero-order valence-corrected chi connectivity index (χ0v) is 14.2. The van der Waals surface area contributed by atoms with Gasteiger partial charge in [-0.25, -0.2) is 0 Å². The van der Waals surface area contributed by atoms with Gasteiger partial charge in [-0.05, 0) is 44.7 Å². The number of nitrogens with zero attached hydrogens (tertiary/aromatic N) is 1. The van der Waals surface area contributed by atoms with Crippen molar-refractivity contribution in [2.75, 3.05) is 5.32 Å². The standard InChI is InChI=1S/C17H21N3O2S/c1-9-6-16(22-20-9)19-17(21)15-8-12(10(2)23-15)13-7-14(13)18-11-4-3-5-11/h6,8,11,13-14,18H,3-5,7H2,1-2H3,(H,19,21). The first-order chi connectivity index (χ1) is 11.1. The van der Waals surface area contributed by atoms with E-state index in [9.17, 15) is 4.79 Å². The van der Waals surface area contributed by atoms with Crippen LogP contribution in [0.1, 0.15) is 57.4 Å². The second-order valence-corrected chi connectivity index (χ2v) is 7.91.